The number of nitrogens with zero attached hydrogens (tertiary/aromatic N) is 2. The summed E-state index contributed by atoms with van der Waals surface area (Å²) in [7, 11) is 0. The van der Waals surface area contributed by atoms with E-state index in [1.165, 1.54) is 16.8 Å². The first-order valence-electron chi connectivity index (χ1n) is 9.22. The fraction of sp³-hybridized carbons (Fsp3) is 0.429. The third-order valence-corrected chi connectivity index (χ3v) is 5.84. The molecule has 4 nitrogen and oxygen atoms in total. The molecule has 1 saturated heterocycles. The lowest BCUT2D eigenvalue weighted by atomic mass is 9.84. The van der Waals surface area contributed by atoms with Gasteiger partial charge in [0.2, 0.25) is 0 Å². The van der Waals surface area contributed by atoms with Gasteiger partial charge in [-0.1, -0.05) is 30.3 Å². The van der Waals surface area contributed by atoms with Gasteiger partial charge in [-0.3, -0.25) is 4.90 Å². The number of para-hydroxylation sites is 1. The average Bonchev–Trinajstić information content (AvgIpc) is 2.63. The van der Waals surface area contributed by atoms with E-state index in [-0.39, 0.29) is 12.1 Å². The van der Waals surface area contributed by atoms with Gasteiger partial charge in [-0.25, -0.2) is 0 Å². The molecule has 25 heavy (non-hydrogen) atoms. The van der Waals surface area contributed by atoms with E-state index in [9.17, 15) is 5.11 Å². The Morgan fingerprint density at radius 3 is 2.48 bits per heavy atom. The van der Waals surface area contributed by atoms with Gasteiger partial charge in [-0.2, -0.15) is 0 Å². The van der Waals surface area contributed by atoms with E-state index in [2.05, 4.69) is 47.1 Å². The van der Waals surface area contributed by atoms with E-state index >= 15 is 0 Å². The van der Waals surface area contributed by atoms with Gasteiger partial charge in [0, 0.05) is 50.0 Å². The van der Waals surface area contributed by atoms with E-state index in [4.69, 9.17) is 5.73 Å². The van der Waals surface area contributed by atoms with E-state index in [0.717, 1.165) is 43.9 Å². The smallest absolute Gasteiger partial charge is 0.0739 e. The lowest BCUT2D eigenvalue weighted by Crippen LogP contribution is -2.56. The molecule has 0 amide bonds. The van der Waals surface area contributed by atoms with Crippen molar-refractivity contribution in [2.24, 2.45) is 0 Å². The molecule has 0 radical (unpaired) electrons. The molecule has 2 aliphatic rings. The Morgan fingerprint density at radius 1 is 0.960 bits per heavy atom. The molecule has 0 unspecified atom stereocenters. The predicted octanol–water partition coefficient (Wildman–Crippen LogP) is 2.23. The van der Waals surface area contributed by atoms with Crippen molar-refractivity contribution in [1.29, 1.82) is 0 Å². The van der Waals surface area contributed by atoms with Crippen molar-refractivity contribution in [3.63, 3.8) is 0 Å². The number of anilines is 2. The van der Waals surface area contributed by atoms with Crippen molar-refractivity contribution in [1.82, 2.24) is 4.90 Å². The molecule has 132 valence electrons. The van der Waals surface area contributed by atoms with Crippen LogP contribution in [0, 0.1) is 6.92 Å². The summed E-state index contributed by atoms with van der Waals surface area (Å²) in [6, 6.07) is 14.9. The Balaban J connectivity index is 1.45. The summed E-state index contributed by atoms with van der Waals surface area (Å²) in [5, 5.41) is 10.7. The lowest BCUT2D eigenvalue weighted by Gasteiger charge is -2.44. The zero-order valence-corrected chi connectivity index (χ0v) is 14.9. The first kappa shape index (κ1) is 16.4. The third kappa shape index (κ3) is 3.12. The minimum absolute atomic E-state index is 0.202. The number of rotatable bonds is 2. The van der Waals surface area contributed by atoms with Gasteiger partial charge in [-0.05, 0) is 42.2 Å². The van der Waals surface area contributed by atoms with Gasteiger partial charge in [0.1, 0.15) is 0 Å². The van der Waals surface area contributed by atoms with Crippen LogP contribution < -0.4 is 10.6 Å². The molecule has 2 aromatic carbocycles. The third-order valence-electron chi connectivity index (χ3n) is 5.84. The molecule has 4 rings (SSSR count). The largest absolute Gasteiger partial charge is 0.398 e. The maximum atomic E-state index is 10.7. The number of hydrogen-bond acceptors (Lipinski definition) is 4. The Labute approximate surface area is 149 Å². The molecule has 0 spiro atoms. The molecule has 1 fully saturated rings. The molecule has 0 saturated carbocycles. The second-order valence-electron chi connectivity index (χ2n) is 7.34. The fourth-order valence-electron chi connectivity index (χ4n) is 4.39. The Kier molecular flexibility index (Phi) is 4.40. The molecule has 1 aliphatic carbocycles. The number of fused-ring (bicyclic) bond motifs is 1. The van der Waals surface area contributed by atoms with Crippen molar-refractivity contribution < 1.29 is 5.11 Å². The second-order valence-corrected chi connectivity index (χ2v) is 7.34. The van der Waals surface area contributed by atoms with E-state index in [1.54, 1.807) is 0 Å². The fourth-order valence-corrected chi connectivity index (χ4v) is 4.39. The number of aliphatic hydroxyl groups is 1. The summed E-state index contributed by atoms with van der Waals surface area (Å²) in [6.45, 7) is 6.19. The van der Waals surface area contributed by atoms with Gasteiger partial charge in [-0.15, -0.1) is 0 Å². The standard InChI is InChI=1S/C21H27N3O/c1-15-5-2-3-8-19(15)23-9-11-24(12-10-23)20-13-16-6-4-7-18(22)17(16)14-21(20)25/h2-8,20-21,25H,9-14,22H2,1H3/t20-,21-/m1/s1. The van der Waals surface area contributed by atoms with Crippen LogP contribution in [-0.2, 0) is 12.8 Å². The summed E-state index contributed by atoms with van der Waals surface area (Å²) in [6.07, 6.45) is 1.23. The molecule has 1 aliphatic heterocycles. The summed E-state index contributed by atoms with van der Waals surface area (Å²) >= 11 is 0. The Hall–Kier alpha value is -2.04. The van der Waals surface area contributed by atoms with Crippen molar-refractivity contribution in [2.45, 2.75) is 31.9 Å². The van der Waals surface area contributed by atoms with Crippen LogP contribution in [0.15, 0.2) is 42.5 Å². The van der Waals surface area contributed by atoms with Crippen molar-refractivity contribution in [3.05, 3.63) is 59.2 Å². The summed E-state index contributed by atoms with van der Waals surface area (Å²) in [5.41, 5.74) is 12.0. The Morgan fingerprint density at radius 2 is 1.72 bits per heavy atom. The van der Waals surface area contributed by atoms with Gasteiger partial charge >= 0.3 is 0 Å². The predicted molar refractivity (Wildman–Crippen MR) is 103 cm³/mol. The summed E-state index contributed by atoms with van der Waals surface area (Å²) in [4.78, 5) is 4.93. The molecule has 0 aromatic heterocycles. The minimum atomic E-state index is -0.331. The van der Waals surface area contributed by atoms with Crippen molar-refractivity contribution >= 4 is 11.4 Å². The zero-order chi connectivity index (χ0) is 17.4. The molecular formula is C21H27N3O. The summed E-state index contributed by atoms with van der Waals surface area (Å²) in [5.74, 6) is 0. The molecule has 0 bridgehead atoms. The molecule has 1 heterocycles. The van der Waals surface area contributed by atoms with Crippen LogP contribution in [-0.4, -0.2) is 48.3 Å². The molecular weight excluding hydrogens is 310 g/mol. The zero-order valence-electron chi connectivity index (χ0n) is 14.9. The van der Waals surface area contributed by atoms with Crippen molar-refractivity contribution in [2.75, 3.05) is 36.8 Å². The first-order chi connectivity index (χ1) is 12.1. The summed E-state index contributed by atoms with van der Waals surface area (Å²) < 4.78 is 0. The maximum absolute atomic E-state index is 10.7. The highest BCUT2D eigenvalue weighted by molar-refractivity contribution is 5.54. The number of benzene rings is 2. The van der Waals surface area contributed by atoms with Crippen LogP contribution in [0.5, 0.6) is 0 Å². The van der Waals surface area contributed by atoms with Crippen LogP contribution in [0.1, 0.15) is 16.7 Å². The van der Waals surface area contributed by atoms with E-state index < -0.39 is 0 Å². The van der Waals surface area contributed by atoms with Crippen LogP contribution in [0.4, 0.5) is 11.4 Å². The number of nitrogen functional groups attached to an aromatic ring is 1. The van der Waals surface area contributed by atoms with Gasteiger partial charge in [0.05, 0.1) is 6.10 Å². The second kappa shape index (κ2) is 6.70. The van der Waals surface area contributed by atoms with E-state index in [1.807, 2.05) is 12.1 Å². The molecule has 2 atom stereocenters. The Bertz CT molecular complexity index is 753. The van der Waals surface area contributed by atoms with Crippen LogP contribution in [0.25, 0.3) is 0 Å². The number of hydrogen-bond donors (Lipinski definition) is 2. The molecule has 2 aromatic rings. The quantitative estimate of drug-likeness (QED) is 0.825. The molecule has 3 N–H and O–H groups in total. The number of nitrogens with two attached hydrogens (primary N) is 1. The first-order valence-corrected chi connectivity index (χ1v) is 9.22. The van der Waals surface area contributed by atoms with Gasteiger partial charge in [0.25, 0.3) is 0 Å². The monoisotopic (exact) mass is 337 g/mol. The highest BCUT2D eigenvalue weighted by atomic mass is 16.3. The normalized spacial score (nSPS) is 24.2. The average molecular weight is 337 g/mol. The SMILES string of the molecule is Cc1ccccc1N1CCN([C@@H]2Cc3cccc(N)c3C[C@H]2O)CC1. The highest BCUT2D eigenvalue weighted by Gasteiger charge is 2.34. The van der Waals surface area contributed by atoms with Crippen LogP contribution >= 0.6 is 0 Å². The molecule has 4 heteroatoms. The minimum Gasteiger partial charge on any atom is -0.398 e. The van der Waals surface area contributed by atoms with E-state index in [0.29, 0.717) is 6.42 Å². The van der Waals surface area contributed by atoms with Crippen LogP contribution in [0.3, 0.4) is 0 Å². The lowest BCUT2D eigenvalue weighted by molar-refractivity contribution is 0.0397. The number of aliphatic hydroxyl groups excluding tert-OH is 1. The van der Waals surface area contributed by atoms with Crippen LogP contribution in [0.2, 0.25) is 0 Å². The highest BCUT2D eigenvalue weighted by Crippen LogP contribution is 2.30. The van der Waals surface area contributed by atoms with Crippen molar-refractivity contribution in [3.8, 4) is 0 Å². The van der Waals surface area contributed by atoms with Gasteiger partial charge < -0.3 is 15.7 Å². The maximum Gasteiger partial charge on any atom is 0.0739 e. The number of aryl methyl sites for hydroxylation is 1. The van der Waals surface area contributed by atoms with Gasteiger partial charge in [0.15, 0.2) is 0 Å². The topological polar surface area (TPSA) is 52.7 Å². The number of piperazine rings is 1.